The molecule has 0 saturated carbocycles. The fourth-order valence-corrected chi connectivity index (χ4v) is 3.13. The zero-order valence-corrected chi connectivity index (χ0v) is 16.7. The van der Waals surface area contributed by atoms with E-state index in [4.69, 9.17) is 9.72 Å². The molecule has 4 aromatic rings. The molecule has 1 N–H and O–H groups in total. The summed E-state index contributed by atoms with van der Waals surface area (Å²) in [7, 11) is 3.67. The van der Waals surface area contributed by atoms with Gasteiger partial charge in [0.25, 0.3) is 0 Å². The standard InChI is InChI=1S/C23H23N5O/c1-17-15-28(16-24-17)20-13-12-18(14-21(20)29-3)25-22-10-7-11-23(26-22)27(2)19-8-5-4-6-9-19/h4-16H,1-3H3,(H,25,26). The second-order valence-corrected chi connectivity index (χ2v) is 6.71. The van der Waals surface area contributed by atoms with Crippen molar-refractivity contribution in [3.05, 3.63) is 84.9 Å². The van der Waals surface area contributed by atoms with Crippen molar-refractivity contribution in [1.29, 1.82) is 0 Å². The van der Waals surface area contributed by atoms with Crippen molar-refractivity contribution in [3.63, 3.8) is 0 Å². The molecule has 0 aliphatic carbocycles. The Balaban J connectivity index is 1.58. The summed E-state index contributed by atoms with van der Waals surface area (Å²) in [6.45, 7) is 1.96. The lowest BCUT2D eigenvalue weighted by atomic mass is 10.2. The van der Waals surface area contributed by atoms with Crippen LogP contribution in [0.1, 0.15) is 5.69 Å². The molecule has 0 saturated heterocycles. The predicted molar refractivity (Wildman–Crippen MR) is 117 cm³/mol. The number of para-hydroxylation sites is 1. The summed E-state index contributed by atoms with van der Waals surface area (Å²) >= 11 is 0. The number of rotatable bonds is 6. The fraction of sp³-hybridized carbons (Fsp3) is 0.130. The number of pyridine rings is 1. The number of aromatic nitrogens is 3. The van der Waals surface area contributed by atoms with E-state index in [1.54, 1.807) is 13.4 Å². The van der Waals surface area contributed by atoms with E-state index in [9.17, 15) is 0 Å². The molecule has 2 aromatic carbocycles. The van der Waals surface area contributed by atoms with E-state index in [1.807, 2.05) is 79.3 Å². The van der Waals surface area contributed by atoms with Crippen LogP contribution in [0.3, 0.4) is 0 Å². The molecule has 29 heavy (non-hydrogen) atoms. The van der Waals surface area contributed by atoms with Crippen molar-refractivity contribution < 1.29 is 4.74 Å². The minimum atomic E-state index is 0.755. The smallest absolute Gasteiger partial charge is 0.144 e. The molecule has 0 bridgehead atoms. The molecule has 6 heteroatoms. The van der Waals surface area contributed by atoms with E-state index in [0.717, 1.165) is 40.1 Å². The molecule has 0 aliphatic rings. The van der Waals surface area contributed by atoms with Crippen LogP contribution < -0.4 is 15.0 Å². The number of nitrogens with one attached hydrogen (secondary N) is 1. The number of ether oxygens (including phenoxy) is 1. The molecular formula is C23H23N5O. The Morgan fingerprint density at radius 3 is 2.55 bits per heavy atom. The van der Waals surface area contributed by atoms with Crippen LogP contribution >= 0.6 is 0 Å². The number of hydrogen-bond acceptors (Lipinski definition) is 5. The lowest BCUT2D eigenvalue weighted by Crippen LogP contribution is -2.11. The molecule has 0 unspecified atom stereocenters. The molecule has 0 amide bonds. The molecule has 2 aromatic heterocycles. The van der Waals surface area contributed by atoms with Crippen molar-refractivity contribution >= 4 is 23.0 Å². The van der Waals surface area contributed by atoms with Crippen LogP contribution in [0, 0.1) is 6.92 Å². The number of anilines is 4. The topological polar surface area (TPSA) is 55.2 Å². The molecule has 6 nitrogen and oxygen atoms in total. The van der Waals surface area contributed by atoms with Crippen molar-refractivity contribution in [1.82, 2.24) is 14.5 Å². The van der Waals surface area contributed by atoms with Gasteiger partial charge in [-0.2, -0.15) is 0 Å². The first-order chi connectivity index (χ1) is 14.1. The van der Waals surface area contributed by atoms with Crippen molar-refractivity contribution in [3.8, 4) is 11.4 Å². The van der Waals surface area contributed by atoms with E-state index < -0.39 is 0 Å². The van der Waals surface area contributed by atoms with Gasteiger partial charge in [0.2, 0.25) is 0 Å². The molecule has 0 fully saturated rings. The third kappa shape index (κ3) is 4.06. The van der Waals surface area contributed by atoms with E-state index in [1.165, 1.54) is 0 Å². The summed E-state index contributed by atoms with van der Waals surface area (Å²) in [6.07, 6.45) is 3.75. The maximum absolute atomic E-state index is 5.59. The van der Waals surface area contributed by atoms with Crippen LogP contribution in [0.2, 0.25) is 0 Å². The number of benzene rings is 2. The SMILES string of the molecule is COc1cc(Nc2cccc(N(C)c3ccccc3)n2)ccc1-n1cnc(C)c1. The van der Waals surface area contributed by atoms with E-state index in [-0.39, 0.29) is 0 Å². The van der Waals surface area contributed by atoms with Crippen LogP contribution in [-0.2, 0) is 0 Å². The summed E-state index contributed by atoms with van der Waals surface area (Å²) in [5.41, 5.74) is 3.87. The Kier molecular flexibility index (Phi) is 5.16. The number of methoxy groups -OCH3 is 1. The van der Waals surface area contributed by atoms with Gasteiger partial charge in [0, 0.05) is 30.7 Å². The minimum Gasteiger partial charge on any atom is -0.494 e. The molecule has 0 atom stereocenters. The van der Waals surface area contributed by atoms with E-state index in [2.05, 4.69) is 27.3 Å². The van der Waals surface area contributed by atoms with Gasteiger partial charge in [0.15, 0.2) is 0 Å². The van der Waals surface area contributed by atoms with Crippen LogP contribution in [0.4, 0.5) is 23.0 Å². The second-order valence-electron chi connectivity index (χ2n) is 6.71. The van der Waals surface area contributed by atoms with Gasteiger partial charge >= 0.3 is 0 Å². The molecule has 0 radical (unpaired) electrons. The van der Waals surface area contributed by atoms with Crippen molar-refractivity contribution in [2.75, 3.05) is 24.4 Å². The Labute approximate surface area is 170 Å². The van der Waals surface area contributed by atoms with Gasteiger partial charge < -0.3 is 19.5 Å². The Bertz CT molecular complexity index is 1110. The maximum atomic E-state index is 5.59. The Hall–Kier alpha value is -3.80. The highest BCUT2D eigenvalue weighted by Gasteiger charge is 2.09. The monoisotopic (exact) mass is 385 g/mol. The highest BCUT2D eigenvalue weighted by Crippen LogP contribution is 2.29. The minimum absolute atomic E-state index is 0.755. The lowest BCUT2D eigenvalue weighted by Gasteiger charge is -2.19. The normalized spacial score (nSPS) is 10.6. The zero-order chi connectivity index (χ0) is 20.2. The first-order valence-corrected chi connectivity index (χ1v) is 9.36. The first-order valence-electron chi connectivity index (χ1n) is 9.36. The number of imidazole rings is 1. The van der Waals surface area contributed by atoms with Crippen LogP contribution in [0.15, 0.2) is 79.3 Å². The summed E-state index contributed by atoms with van der Waals surface area (Å²) in [6, 6.07) is 22.0. The number of nitrogens with zero attached hydrogens (tertiary/aromatic N) is 4. The van der Waals surface area contributed by atoms with Gasteiger partial charge in [-0.05, 0) is 43.3 Å². The predicted octanol–water partition coefficient (Wildman–Crippen LogP) is 5.10. The maximum Gasteiger partial charge on any atom is 0.144 e. The van der Waals surface area contributed by atoms with E-state index >= 15 is 0 Å². The van der Waals surface area contributed by atoms with Crippen LogP contribution in [-0.4, -0.2) is 28.7 Å². The highest BCUT2D eigenvalue weighted by atomic mass is 16.5. The summed E-state index contributed by atoms with van der Waals surface area (Å²) in [5.74, 6) is 2.38. The molecule has 0 aliphatic heterocycles. The first kappa shape index (κ1) is 18.6. The Morgan fingerprint density at radius 2 is 1.83 bits per heavy atom. The van der Waals surface area contributed by atoms with Gasteiger partial charge in [-0.1, -0.05) is 24.3 Å². The average Bonchev–Trinajstić information content (AvgIpc) is 3.20. The zero-order valence-electron chi connectivity index (χ0n) is 16.7. The highest BCUT2D eigenvalue weighted by molar-refractivity contribution is 5.66. The van der Waals surface area contributed by atoms with Crippen LogP contribution in [0.5, 0.6) is 5.75 Å². The summed E-state index contributed by atoms with van der Waals surface area (Å²) in [4.78, 5) is 11.1. The molecule has 4 rings (SSSR count). The molecular weight excluding hydrogens is 362 g/mol. The average molecular weight is 385 g/mol. The largest absolute Gasteiger partial charge is 0.494 e. The summed E-state index contributed by atoms with van der Waals surface area (Å²) in [5, 5.41) is 3.37. The molecule has 2 heterocycles. The lowest BCUT2D eigenvalue weighted by molar-refractivity contribution is 0.413. The molecule has 146 valence electrons. The van der Waals surface area contributed by atoms with Gasteiger partial charge in [0.1, 0.15) is 17.4 Å². The number of aryl methyl sites for hydroxylation is 1. The van der Waals surface area contributed by atoms with Crippen molar-refractivity contribution in [2.24, 2.45) is 0 Å². The van der Waals surface area contributed by atoms with Crippen LogP contribution in [0.25, 0.3) is 5.69 Å². The second kappa shape index (κ2) is 8.06. The van der Waals surface area contributed by atoms with Crippen molar-refractivity contribution in [2.45, 2.75) is 6.92 Å². The Morgan fingerprint density at radius 1 is 1.00 bits per heavy atom. The summed E-state index contributed by atoms with van der Waals surface area (Å²) < 4.78 is 7.54. The van der Waals surface area contributed by atoms with E-state index in [0.29, 0.717) is 0 Å². The molecule has 0 spiro atoms. The van der Waals surface area contributed by atoms with Gasteiger partial charge in [-0.15, -0.1) is 0 Å². The third-order valence-electron chi connectivity index (χ3n) is 4.66. The van der Waals surface area contributed by atoms with Gasteiger partial charge in [-0.25, -0.2) is 9.97 Å². The third-order valence-corrected chi connectivity index (χ3v) is 4.66. The fourth-order valence-electron chi connectivity index (χ4n) is 3.13. The number of hydrogen-bond donors (Lipinski definition) is 1. The quantitative estimate of drug-likeness (QED) is 0.501. The van der Waals surface area contributed by atoms with Gasteiger partial charge in [0.05, 0.1) is 24.8 Å². The van der Waals surface area contributed by atoms with Gasteiger partial charge in [-0.3, -0.25) is 0 Å².